The van der Waals surface area contributed by atoms with Gasteiger partial charge in [-0.15, -0.1) is 0 Å². The zero-order chi connectivity index (χ0) is 19.1. The molecule has 2 aromatic carbocycles. The summed E-state index contributed by atoms with van der Waals surface area (Å²) in [6.45, 7) is 4.86. The molecule has 0 bridgehead atoms. The molecule has 26 heavy (non-hydrogen) atoms. The highest BCUT2D eigenvalue weighted by Crippen LogP contribution is 2.26. The van der Waals surface area contributed by atoms with E-state index in [9.17, 15) is 9.59 Å². The minimum Gasteiger partial charge on any atom is -0.492 e. The molecule has 0 saturated carbocycles. The van der Waals surface area contributed by atoms with Crippen LogP contribution in [-0.2, 0) is 0 Å². The van der Waals surface area contributed by atoms with E-state index >= 15 is 0 Å². The zero-order valence-electron chi connectivity index (χ0n) is 14.5. The van der Waals surface area contributed by atoms with Gasteiger partial charge in [0, 0.05) is 5.56 Å². The van der Waals surface area contributed by atoms with Crippen molar-refractivity contribution in [3.63, 3.8) is 0 Å². The maximum absolute atomic E-state index is 12.2. The Balaban J connectivity index is 1.94. The fourth-order valence-corrected chi connectivity index (χ4v) is 2.78. The molecular weight excluding hydrogens is 420 g/mol. The van der Waals surface area contributed by atoms with Crippen molar-refractivity contribution in [1.82, 2.24) is 10.9 Å². The third-order valence-corrected chi connectivity index (χ3v) is 4.50. The minimum atomic E-state index is -0.489. The molecule has 7 heteroatoms. The van der Waals surface area contributed by atoms with Crippen molar-refractivity contribution in [1.29, 1.82) is 0 Å². The lowest BCUT2D eigenvalue weighted by atomic mass is 10.1. The standard InChI is InChI=1S/C19H20BrClN2O3/c1-12(2)9-10-26-17-8-7-13(11-15(17)20)18(24)22-23-19(25)14-5-3-4-6-16(14)21/h3-8,11-12H,9-10H2,1-2H3,(H,22,24)(H,23,25). The lowest BCUT2D eigenvalue weighted by molar-refractivity contribution is 0.0846. The number of hydrogen-bond acceptors (Lipinski definition) is 3. The molecule has 0 fully saturated rings. The lowest BCUT2D eigenvalue weighted by Crippen LogP contribution is -2.41. The van der Waals surface area contributed by atoms with E-state index in [2.05, 4.69) is 40.6 Å². The number of carbonyl (C=O) groups is 2. The topological polar surface area (TPSA) is 67.4 Å². The maximum atomic E-state index is 12.2. The number of benzene rings is 2. The molecule has 0 aliphatic heterocycles. The first-order valence-electron chi connectivity index (χ1n) is 8.16. The number of hydrogen-bond donors (Lipinski definition) is 2. The molecule has 2 amide bonds. The molecule has 5 nitrogen and oxygen atoms in total. The Morgan fingerprint density at radius 3 is 2.46 bits per heavy atom. The summed E-state index contributed by atoms with van der Waals surface area (Å²) in [4.78, 5) is 24.3. The van der Waals surface area contributed by atoms with Gasteiger partial charge >= 0.3 is 0 Å². The average molecular weight is 440 g/mol. The van der Waals surface area contributed by atoms with Crippen molar-refractivity contribution in [2.75, 3.05) is 6.61 Å². The number of rotatable bonds is 6. The van der Waals surface area contributed by atoms with Crippen LogP contribution in [0.4, 0.5) is 0 Å². The Bertz CT molecular complexity index is 796. The Labute approximate surface area is 166 Å². The largest absolute Gasteiger partial charge is 0.492 e. The van der Waals surface area contributed by atoms with Crippen LogP contribution in [0.1, 0.15) is 41.0 Å². The number of hydrazine groups is 1. The first kappa shape index (κ1) is 20.3. The molecule has 2 aromatic rings. The average Bonchev–Trinajstić information content (AvgIpc) is 2.60. The summed E-state index contributed by atoms with van der Waals surface area (Å²) in [6, 6.07) is 11.6. The minimum absolute atomic E-state index is 0.282. The molecular formula is C19H20BrClN2O3. The molecule has 0 saturated heterocycles. The molecule has 0 atom stereocenters. The van der Waals surface area contributed by atoms with Crippen molar-refractivity contribution >= 4 is 39.3 Å². The molecule has 138 valence electrons. The molecule has 0 spiro atoms. The summed E-state index contributed by atoms with van der Waals surface area (Å²) in [5, 5.41) is 0.310. The Hall–Kier alpha value is -2.05. The van der Waals surface area contributed by atoms with E-state index in [4.69, 9.17) is 16.3 Å². The Kier molecular flexibility index (Phi) is 7.48. The summed E-state index contributed by atoms with van der Waals surface area (Å²) in [7, 11) is 0. The molecule has 0 heterocycles. The third-order valence-electron chi connectivity index (χ3n) is 3.55. The maximum Gasteiger partial charge on any atom is 0.271 e. The summed E-state index contributed by atoms with van der Waals surface area (Å²) < 4.78 is 6.36. The first-order valence-corrected chi connectivity index (χ1v) is 9.33. The van der Waals surface area contributed by atoms with Gasteiger partial charge in [-0.2, -0.15) is 0 Å². The number of ether oxygens (including phenoxy) is 1. The fourth-order valence-electron chi connectivity index (χ4n) is 2.06. The molecule has 0 aliphatic rings. The normalized spacial score (nSPS) is 10.5. The Morgan fingerprint density at radius 2 is 1.81 bits per heavy atom. The van der Waals surface area contributed by atoms with Gasteiger partial charge in [-0.05, 0) is 58.6 Å². The van der Waals surface area contributed by atoms with Crippen LogP contribution in [0.15, 0.2) is 46.9 Å². The molecule has 2 N–H and O–H groups in total. The van der Waals surface area contributed by atoms with E-state index in [1.54, 1.807) is 42.5 Å². The van der Waals surface area contributed by atoms with Gasteiger partial charge in [-0.25, -0.2) is 0 Å². The van der Waals surface area contributed by atoms with Crippen LogP contribution in [-0.4, -0.2) is 18.4 Å². The van der Waals surface area contributed by atoms with Crippen molar-refractivity contribution in [2.24, 2.45) is 5.92 Å². The smallest absolute Gasteiger partial charge is 0.271 e. The van der Waals surface area contributed by atoms with Gasteiger partial charge < -0.3 is 4.74 Å². The van der Waals surface area contributed by atoms with Gasteiger partial charge in [0.1, 0.15) is 5.75 Å². The van der Waals surface area contributed by atoms with Crippen molar-refractivity contribution in [3.8, 4) is 5.75 Å². The number of amides is 2. The highest BCUT2D eigenvalue weighted by molar-refractivity contribution is 9.10. The van der Waals surface area contributed by atoms with Crippen molar-refractivity contribution < 1.29 is 14.3 Å². The van der Waals surface area contributed by atoms with Crippen LogP contribution < -0.4 is 15.6 Å². The molecule has 0 unspecified atom stereocenters. The van der Waals surface area contributed by atoms with Crippen LogP contribution in [0.5, 0.6) is 5.75 Å². The van der Waals surface area contributed by atoms with Crippen LogP contribution >= 0.6 is 27.5 Å². The molecule has 0 radical (unpaired) electrons. The summed E-state index contributed by atoms with van der Waals surface area (Å²) in [6.07, 6.45) is 0.947. The van der Waals surface area contributed by atoms with Crippen molar-refractivity contribution in [3.05, 3.63) is 63.1 Å². The van der Waals surface area contributed by atoms with Gasteiger partial charge in [-0.3, -0.25) is 20.4 Å². The van der Waals surface area contributed by atoms with Gasteiger partial charge in [0.2, 0.25) is 0 Å². The van der Waals surface area contributed by atoms with E-state index < -0.39 is 11.8 Å². The van der Waals surface area contributed by atoms with E-state index in [1.807, 2.05) is 0 Å². The van der Waals surface area contributed by atoms with Crippen LogP contribution in [0.25, 0.3) is 0 Å². The van der Waals surface area contributed by atoms with E-state index in [0.29, 0.717) is 33.3 Å². The monoisotopic (exact) mass is 438 g/mol. The van der Waals surface area contributed by atoms with Gasteiger partial charge in [0.15, 0.2) is 0 Å². The highest BCUT2D eigenvalue weighted by Gasteiger charge is 2.13. The summed E-state index contributed by atoms with van der Waals surface area (Å²) in [5.41, 5.74) is 5.38. The van der Waals surface area contributed by atoms with Crippen LogP contribution in [0, 0.1) is 5.92 Å². The second kappa shape index (κ2) is 9.59. The summed E-state index contributed by atoms with van der Waals surface area (Å²) >= 11 is 9.36. The lowest BCUT2D eigenvalue weighted by Gasteiger charge is -2.12. The van der Waals surface area contributed by atoms with Crippen molar-refractivity contribution in [2.45, 2.75) is 20.3 Å². The quantitative estimate of drug-likeness (QED) is 0.646. The van der Waals surface area contributed by atoms with Crippen LogP contribution in [0.3, 0.4) is 0 Å². The highest BCUT2D eigenvalue weighted by atomic mass is 79.9. The first-order chi connectivity index (χ1) is 12.4. The zero-order valence-corrected chi connectivity index (χ0v) is 16.9. The van der Waals surface area contributed by atoms with E-state index in [-0.39, 0.29) is 5.56 Å². The third kappa shape index (κ3) is 5.75. The van der Waals surface area contributed by atoms with E-state index in [0.717, 1.165) is 6.42 Å². The second-order valence-corrected chi connectivity index (χ2v) is 7.33. The molecule has 0 aromatic heterocycles. The number of nitrogens with one attached hydrogen (secondary N) is 2. The predicted molar refractivity (Wildman–Crippen MR) is 105 cm³/mol. The van der Waals surface area contributed by atoms with Crippen LogP contribution in [0.2, 0.25) is 5.02 Å². The number of carbonyl (C=O) groups excluding carboxylic acids is 2. The summed E-state index contributed by atoms with van der Waals surface area (Å²) in [5.74, 6) is 0.291. The van der Waals surface area contributed by atoms with Gasteiger partial charge in [0.05, 0.1) is 21.7 Å². The molecule has 2 rings (SSSR count). The van der Waals surface area contributed by atoms with Gasteiger partial charge in [-0.1, -0.05) is 37.6 Å². The van der Waals surface area contributed by atoms with E-state index in [1.165, 1.54) is 0 Å². The fraction of sp³-hybridized carbons (Fsp3) is 0.263. The Morgan fingerprint density at radius 1 is 1.12 bits per heavy atom. The number of halogens is 2. The predicted octanol–water partition coefficient (Wildman–Crippen LogP) is 4.60. The SMILES string of the molecule is CC(C)CCOc1ccc(C(=O)NNC(=O)c2ccccc2Cl)cc1Br. The second-order valence-electron chi connectivity index (χ2n) is 6.06. The molecule has 0 aliphatic carbocycles. The van der Waals surface area contributed by atoms with Gasteiger partial charge in [0.25, 0.3) is 11.8 Å².